The van der Waals surface area contributed by atoms with Crippen LogP contribution in [0.2, 0.25) is 0 Å². The van der Waals surface area contributed by atoms with Gasteiger partial charge in [-0.25, -0.2) is 0 Å². The molecule has 5 heteroatoms. The molecule has 0 radical (unpaired) electrons. The van der Waals surface area contributed by atoms with E-state index in [2.05, 4.69) is 16.3 Å². The molecule has 2 fully saturated rings. The molecule has 1 aromatic carbocycles. The number of hydrogen-bond donors (Lipinski definition) is 1. The summed E-state index contributed by atoms with van der Waals surface area (Å²) in [5.74, 6) is 1.29. The summed E-state index contributed by atoms with van der Waals surface area (Å²) in [6.07, 6.45) is 3.93. The molecule has 1 N–H and O–H groups in total. The van der Waals surface area contributed by atoms with Gasteiger partial charge in [0.2, 0.25) is 5.91 Å². The van der Waals surface area contributed by atoms with Crippen LogP contribution in [0, 0.1) is 5.92 Å². The van der Waals surface area contributed by atoms with Crippen LogP contribution in [-0.2, 0) is 16.1 Å². The monoisotopic (exact) mass is 332 g/mol. The van der Waals surface area contributed by atoms with Gasteiger partial charge in [0, 0.05) is 24.6 Å². The Morgan fingerprint density at radius 2 is 2.08 bits per heavy atom. The topological polar surface area (TPSA) is 50.8 Å². The fraction of sp³-hybridized carbons (Fsp3) is 0.632. The van der Waals surface area contributed by atoms with Gasteiger partial charge in [-0.1, -0.05) is 18.2 Å². The van der Waals surface area contributed by atoms with Crippen molar-refractivity contribution in [1.29, 1.82) is 0 Å². The van der Waals surface area contributed by atoms with E-state index in [9.17, 15) is 4.79 Å². The summed E-state index contributed by atoms with van der Waals surface area (Å²) >= 11 is 0. The zero-order valence-electron chi connectivity index (χ0n) is 14.5. The number of carbonyl (C=O) groups excluding carboxylic acids is 1. The van der Waals surface area contributed by atoms with E-state index >= 15 is 0 Å². The van der Waals surface area contributed by atoms with E-state index in [1.54, 1.807) is 7.11 Å². The molecule has 1 amide bonds. The first-order valence-corrected chi connectivity index (χ1v) is 8.98. The van der Waals surface area contributed by atoms with Gasteiger partial charge in [-0.3, -0.25) is 9.69 Å². The summed E-state index contributed by atoms with van der Waals surface area (Å²) in [7, 11) is 1.71. The first-order valence-electron chi connectivity index (χ1n) is 8.98. The molecule has 0 aliphatic carbocycles. The lowest BCUT2D eigenvalue weighted by Gasteiger charge is -2.33. The van der Waals surface area contributed by atoms with Gasteiger partial charge < -0.3 is 14.8 Å². The van der Waals surface area contributed by atoms with E-state index in [-0.39, 0.29) is 17.9 Å². The number of rotatable bonds is 5. The van der Waals surface area contributed by atoms with Crippen molar-refractivity contribution < 1.29 is 14.3 Å². The Kier molecular flexibility index (Phi) is 6.10. The largest absolute Gasteiger partial charge is 0.496 e. The van der Waals surface area contributed by atoms with E-state index in [4.69, 9.17) is 9.47 Å². The van der Waals surface area contributed by atoms with E-state index < -0.39 is 0 Å². The number of ether oxygens (including phenoxy) is 2. The van der Waals surface area contributed by atoms with E-state index in [1.165, 1.54) is 5.56 Å². The number of carbonyl (C=O) groups is 1. The van der Waals surface area contributed by atoms with Crippen LogP contribution in [0.15, 0.2) is 24.3 Å². The van der Waals surface area contributed by atoms with Crippen molar-refractivity contribution in [1.82, 2.24) is 10.2 Å². The van der Waals surface area contributed by atoms with Gasteiger partial charge in [0.15, 0.2) is 0 Å². The van der Waals surface area contributed by atoms with Gasteiger partial charge in [-0.2, -0.15) is 0 Å². The summed E-state index contributed by atoms with van der Waals surface area (Å²) in [5, 5.41) is 3.17. The number of nitrogens with one attached hydrogen (secondary N) is 1. The van der Waals surface area contributed by atoms with Crippen molar-refractivity contribution in [2.24, 2.45) is 5.92 Å². The molecule has 1 aromatic rings. The molecule has 3 rings (SSSR count). The third-order valence-electron chi connectivity index (χ3n) is 5.05. The maximum atomic E-state index is 12.4. The quantitative estimate of drug-likeness (QED) is 0.898. The molecule has 5 nitrogen and oxygen atoms in total. The van der Waals surface area contributed by atoms with Crippen molar-refractivity contribution in [3.63, 3.8) is 0 Å². The van der Waals surface area contributed by atoms with Crippen LogP contribution in [0.4, 0.5) is 0 Å². The molecule has 0 bridgehead atoms. The molecule has 24 heavy (non-hydrogen) atoms. The number of nitrogens with zero attached hydrogens (tertiary/aromatic N) is 1. The fourth-order valence-electron chi connectivity index (χ4n) is 3.60. The van der Waals surface area contributed by atoms with Crippen LogP contribution in [0.5, 0.6) is 5.75 Å². The second-order valence-electron chi connectivity index (χ2n) is 6.78. The molecule has 132 valence electrons. The Hall–Kier alpha value is -1.59. The second-order valence-corrected chi connectivity index (χ2v) is 6.78. The minimum absolute atomic E-state index is 0.140. The zero-order valence-corrected chi connectivity index (χ0v) is 14.5. The Morgan fingerprint density at radius 3 is 2.79 bits per heavy atom. The number of likely N-dealkylation sites (tertiary alicyclic amines) is 1. The molecule has 2 heterocycles. The van der Waals surface area contributed by atoms with Gasteiger partial charge in [0.1, 0.15) is 5.75 Å². The van der Waals surface area contributed by atoms with Crippen LogP contribution in [-0.4, -0.2) is 50.3 Å². The third kappa shape index (κ3) is 4.48. The van der Waals surface area contributed by atoms with Gasteiger partial charge in [-0.05, 0) is 44.8 Å². The number of benzene rings is 1. The van der Waals surface area contributed by atoms with E-state index in [0.717, 1.165) is 57.7 Å². The van der Waals surface area contributed by atoms with E-state index in [1.807, 2.05) is 18.2 Å². The van der Waals surface area contributed by atoms with Crippen LogP contribution < -0.4 is 10.1 Å². The average molecular weight is 332 g/mol. The zero-order chi connectivity index (χ0) is 16.8. The molecule has 0 aromatic heterocycles. The molecular weight excluding hydrogens is 304 g/mol. The summed E-state index contributed by atoms with van der Waals surface area (Å²) in [5.41, 5.74) is 1.21. The smallest absolute Gasteiger partial charge is 0.223 e. The Bertz CT molecular complexity index is 535. The lowest BCUT2D eigenvalue weighted by molar-refractivity contribution is -0.128. The first-order chi connectivity index (χ1) is 11.8. The minimum Gasteiger partial charge on any atom is -0.496 e. The molecule has 2 aliphatic rings. The number of para-hydroxylation sites is 1. The number of piperidine rings is 1. The van der Waals surface area contributed by atoms with Gasteiger partial charge in [-0.15, -0.1) is 0 Å². The molecule has 2 aliphatic heterocycles. The Labute approximate surface area is 144 Å². The Morgan fingerprint density at radius 1 is 1.29 bits per heavy atom. The van der Waals surface area contributed by atoms with Crippen molar-refractivity contribution in [3.05, 3.63) is 29.8 Å². The molecule has 2 saturated heterocycles. The van der Waals surface area contributed by atoms with Gasteiger partial charge >= 0.3 is 0 Å². The standard InChI is InChI=1S/C19H28N2O3/c1-23-18-7-3-2-5-16(18)13-21-10-8-15(9-11-21)19(22)20-17-6-4-12-24-14-17/h2-3,5,7,15,17H,4,6,8-14H2,1H3,(H,20,22)/t17-/m1/s1. The summed E-state index contributed by atoms with van der Waals surface area (Å²) in [4.78, 5) is 14.8. The molecule has 0 saturated carbocycles. The van der Waals surface area contributed by atoms with Crippen molar-refractivity contribution in [2.75, 3.05) is 33.4 Å². The normalized spacial score (nSPS) is 23.0. The Balaban J connectivity index is 1.46. The summed E-state index contributed by atoms with van der Waals surface area (Å²) in [6, 6.07) is 8.36. The van der Waals surface area contributed by atoms with Crippen LogP contribution in [0.1, 0.15) is 31.2 Å². The predicted molar refractivity (Wildman–Crippen MR) is 93.0 cm³/mol. The van der Waals surface area contributed by atoms with Crippen molar-refractivity contribution >= 4 is 5.91 Å². The minimum atomic E-state index is 0.140. The van der Waals surface area contributed by atoms with Crippen molar-refractivity contribution in [3.8, 4) is 5.75 Å². The van der Waals surface area contributed by atoms with Gasteiger partial charge in [0.25, 0.3) is 0 Å². The maximum absolute atomic E-state index is 12.4. The van der Waals surface area contributed by atoms with Crippen LogP contribution in [0.25, 0.3) is 0 Å². The van der Waals surface area contributed by atoms with Crippen LogP contribution >= 0.6 is 0 Å². The molecule has 1 atom stereocenters. The number of methoxy groups -OCH3 is 1. The number of hydrogen-bond acceptors (Lipinski definition) is 4. The van der Waals surface area contributed by atoms with E-state index in [0.29, 0.717) is 6.61 Å². The summed E-state index contributed by atoms with van der Waals surface area (Å²) in [6.45, 7) is 4.29. The predicted octanol–water partition coefficient (Wildman–Crippen LogP) is 2.20. The average Bonchev–Trinajstić information content (AvgIpc) is 2.63. The first kappa shape index (κ1) is 17.2. The fourth-order valence-corrected chi connectivity index (χ4v) is 3.60. The molecule has 0 spiro atoms. The second kappa shape index (κ2) is 8.49. The highest BCUT2D eigenvalue weighted by Crippen LogP contribution is 2.23. The van der Waals surface area contributed by atoms with Gasteiger partial charge in [0.05, 0.1) is 19.8 Å². The lowest BCUT2D eigenvalue weighted by Crippen LogP contribution is -2.46. The van der Waals surface area contributed by atoms with Crippen molar-refractivity contribution in [2.45, 2.75) is 38.3 Å². The lowest BCUT2D eigenvalue weighted by atomic mass is 9.95. The highest BCUT2D eigenvalue weighted by molar-refractivity contribution is 5.79. The molecular formula is C19H28N2O3. The number of amides is 1. The highest BCUT2D eigenvalue weighted by Gasteiger charge is 2.27. The summed E-state index contributed by atoms with van der Waals surface area (Å²) < 4.78 is 10.9. The molecule has 0 unspecified atom stereocenters. The maximum Gasteiger partial charge on any atom is 0.223 e. The highest BCUT2D eigenvalue weighted by atomic mass is 16.5. The van der Waals surface area contributed by atoms with Crippen LogP contribution in [0.3, 0.4) is 0 Å². The SMILES string of the molecule is COc1ccccc1CN1CCC(C(=O)N[C@@H]2CCCOC2)CC1. The third-order valence-corrected chi connectivity index (χ3v) is 5.05.